The third-order valence-corrected chi connectivity index (χ3v) is 3.17. The van der Waals surface area contributed by atoms with Gasteiger partial charge in [0.25, 0.3) is 0 Å². The van der Waals surface area contributed by atoms with Gasteiger partial charge in [-0.05, 0) is 24.3 Å². The molecule has 3 rings (SSSR count). The number of carbonyl (C=O) groups excluding carboxylic acids is 1. The number of Topliss-reactive ketones (excluding diaryl/α,β-unsaturated/α-hetero) is 1. The van der Waals surface area contributed by atoms with Crippen LogP contribution in [0.3, 0.4) is 0 Å². The van der Waals surface area contributed by atoms with Crippen LogP contribution in [-0.4, -0.2) is 12.3 Å². The Morgan fingerprint density at radius 1 is 1.00 bits per heavy atom. The highest BCUT2D eigenvalue weighted by molar-refractivity contribution is 5.99. The Morgan fingerprint density at radius 3 is 2.62 bits per heavy atom. The molecule has 3 aromatic rings. The standard InChI is InChI=1S/C17H13NO3/c19-15(12-4-2-1-3-5-12)11-18-14-7-8-16-13(10-14)6-9-17(20)21-16/h1-10,18H,11H2. The topological polar surface area (TPSA) is 59.3 Å². The number of fused-ring (bicyclic) bond motifs is 1. The minimum Gasteiger partial charge on any atom is -0.423 e. The summed E-state index contributed by atoms with van der Waals surface area (Å²) in [6, 6.07) is 17.6. The summed E-state index contributed by atoms with van der Waals surface area (Å²) in [5, 5.41) is 3.89. The third-order valence-electron chi connectivity index (χ3n) is 3.17. The highest BCUT2D eigenvalue weighted by Gasteiger charge is 2.05. The summed E-state index contributed by atoms with van der Waals surface area (Å²) in [5.41, 5.74) is 1.64. The highest BCUT2D eigenvalue weighted by atomic mass is 16.4. The number of nitrogens with one attached hydrogen (secondary N) is 1. The smallest absolute Gasteiger partial charge is 0.336 e. The zero-order valence-electron chi connectivity index (χ0n) is 11.2. The highest BCUT2D eigenvalue weighted by Crippen LogP contribution is 2.17. The van der Waals surface area contributed by atoms with E-state index in [1.165, 1.54) is 6.07 Å². The summed E-state index contributed by atoms with van der Waals surface area (Å²) in [4.78, 5) is 23.1. The molecule has 0 saturated heterocycles. The van der Waals surface area contributed by atoms with E-state index >= 15 is 0 Å². The Kier molecular flexibility index (Phi) is 3.51. The van der Waals surface area contributed by atoms with Gasteiger partial charge in [-0.1, -0.05) is 30.3 Å². The van der Waals surface area contributed by atoms with Crippen molar-refractivity contribution in [3.63, 3.8) is 0 Å². The molecule has 0 fully saturated rings. The van der Waals surface area contributed by atoms with Crippen LogP contribution in [0.25, 0.3) is 11.0 Å². The van der Waals surface area contributed by atoms with Crippen LogP contribution in [0, 0.1) is 0 Å². The van der Waals surface area contributed by atoms with Crippen molar-refractivity contribution in [3.8, 4) is 0 Å². The monoisotopic (exact) mass is 279 g/mol. The molecule has 0 saturated carbocycles. The quantitative estimate of drug-likeness (QED) is 0.589. The first kappa shape index (κ1) is 13.1. The Labute approximate surface area is 121 Å². The van der Waals surface area contributed by atoms with Crippen molar-refractivity contribution < 1.29 is 9.21 Å². The van der Waals surface area contributed by atoms with Gasteiger partial charge in [0, 0.05) is 22.7 Å². The van der Waals surface area contributed by atoms with Gasteiger partial charge in [-0.15, -0.1) is 0 Å². The van der Waals surface area contributed by atoms with Gasteiger partial charge < -0.3 is 9.73 Å². The van der Waals surface area contributed by atoms with Crippen LogP contribution >= 0.6 is 0 Å². The lowest BCUT2D eigenvalue weighted by molar-refractivity contribution is 0.101. The van der Waals surface area contributed by atoms with Gasteiger partial charge in [0.15, 0.2) is 5.78 Å². The second-order valence-corrected chi connectivity index (χ2v) is 4.65. The minimum absolute atomic E-state index is 0.0234. The Morgan fingerprint density at radius 2 is 1.81 bits per heavy atom. The van der Waals surface area contributed by atoms with E-state index in [0.29, 0.717) is 11.1 Å². The molecule has 0 spiro atoms. The first-order chi connectivity index (χ1) is 10.2. The van der Waals surface area contributed by atoms with Gasteiger partial charge in [0.2, 0.25) is 0 Å². The van der Waals surface area contributed by atoms with Crippen molar-refractivity contribution in [2.75, 3.05) is 11.9 Å². The third kappa shape index (κ3) is 3.00. The largest absolute Gasteiger partial charge is 0.423 e. The molecule has 1 N–H and O–H groups in total. The molecule has 0 radical (unpaired) electrons. The molecule has 0 amide bonds. The molecule has 0 bridgehead atoms. The van der Waals surface area contributed by atoms with E-state index < -0.39 is 0 Å². The predicted molar refractivity (Wildman–Crippen MR) is 81.7 cm³/mol. The lowest BCUT2D eigenvalue weighted by atomic mass is 10.1. The van der Waals surface area contributed by atoms with Gasteiger partial charge >= 0.3 is 5.63 Å². The minimum atomic E-state index is -0.373. The number of hydrogen-bond acceptors (Lipinski definition) is 4. The van der Waals surface area contributed by atoms with Crippen LogP contribution in [0.1, 0.15) is 10.4 Å². The average Bonchev–Trinajstić information content (AvgIpc) is 2.53. The Hall–Kier alpha value is -2.88. The molecule has 0 atom stereocenters. The fourth-order valence-electron chi connectivity index (χ4n) is 2.09. The lowest BCUT2D eigenvalue weighted by Gasteiger charge is -2.06. The van der Waals surface area contributed by atoms with Crippen LogP contribution in [0.5, 0.6) is 0 Å². The van der Waals surface area contributed by atoms with Crippen molar-refractivity contribution in [2.24, 2.45) is 0 Å². The maximum Gasteiger partial charge on any atom is 0.336 e. The van der Waals surface area contributed by atoms with E-state index in [-0.39, 0.29) is 18.0 Å². The van der Waals surface area contributed by atoms with E-state index in [4.69, 9.17) is 4.42 Å². The number of hydrogen-bond donors (Lipinski definition) is 1. The van der Waals surface area contributed by atoms with Crippen molar-refractivity contribution >= 4 is 22.4 Å². The van der Waals surface area contributed by atoms with E-state index in [0.717, 1.165) is 11.1 Å². The van der Waals surface area contributed by atoms with Gasteiger partial charge in [0.05, 0.1) is 6.54 Å². The maximum atomic E-state index is 12.0. The summed E-state index contributed by atoms with van der Waals surface area (Å²) in [6.45, 7) is 0.215. The number of carbonyl (C=O) groups is 1. The van der Waals surface area contributed by atoms with E-state index in [1.54, 1.807) is 30.3 Å². The summed E-state index contributed by atoms with van der Waals surface area (Å²) in [7, 11) is 0. The van der Waals surface area contributed by atoms with Crippen molar-refractivity contribution in [3.05, 3.63) is 76.6 Å². The van der Waals surface area contributed by atoms with Crippen molar-refractivity contribution in [1.82, 2.24) is 0 Å². The first-order valence-corrected chi connectivity index (χ1v) is 6.58. The normalized spacial score (nSPS) is 10.5. The fourth-order valence-corrected chi connectivity index (χ4v) is 2.09. The van der Waals surface area contributed by atoms with Crippen LogP contribution in [-0.2, 0) is 0 Å². The Balaban J connectivity index is 1.75. The second-order valence-electron chi connectivity index (χ2n) is 4.65. The summed E-state index contributed by atoms with van der Waals surface area (Å²) < 4.78 is 5.06. The van der Waals surface area contributed by atoms with Gasteiger partial charge in [-0.25, -0.2) is 4.79 Å². The first-order valence-electron chi connectivity index (χ1n) is 6.58. The van der Waals surface area contributed by atoms with Crippen molar-refractivity contribution in [2.45, 2.75) is 0 Å². The van der Waals surface area contributed by atoms with Gasteiger partial charge in [0.1, 0.15) is 5.58 Å². The van der Waals surface area contributed by atoms with E-state index in [1.807, 2.05) is 24.3 Å². The second kappa shape index (κ2) is 5.63. The maximum absolute atomic E-state index is 12.0. The molecule has 0 aliphatic rings. The van der Waals surface area contributed by atoms with Crippen LogP contribution in [0.15, 0.2) is 69.9 Å². The molecule has 0 aliphatic carbocycles. The lowest BCUT2D eigenvalue weighted by Crippen LogP contribution is -2.13. The van der Waals surface area contributed by atoms with Crippen molar-refractivity contribution in [1.29, 1.82) is 0 Å². The molecule has 2 aromatic carbocycles. The number of rotatable bonds is 4. The summed E-state index contributed by atoms with van der Waals surface area (Å²) in [5.74, 6) is 0.0234. The molecule has 0 aliphatic heterocycles. The van der Waals surface area contributed by atoms with E-state index in [9.17, 15) is 9.59 Å². The van der Waals surface area contributed by atoms with Crippen LogP contribution < -0.4 is 10.9 Å². The molecular weight excluding hydrogens is 266 g/mol. The van der Waals surface area contributed by atoms with Crippen LogP contribution in [0.4, 0.5) is 5.69 Å². The molecule has 0 unspecified atom stereocenters. The summed E-state index contributed by atoms with van der Waals surface area (Å²) in [6.07, 6.45) is 0. The molecule has 1 aromatic heterocycles. The molecule has 21 heavy (non-hydrogen) atoms. The van der Waals surface area contributed by atoms with Gasteiger partial charge in [-0.2, -0.15) is 0 Å². The summed E-state index contributed by atoms with van der Waals surface area (Å²) >= 11 is 0. The number of ketones is 1. The SMILES string of the molecule is O=C(CNc1ccc2oc(=O)ccc2c1)c1ccccc1. The number of anilines is 1. The zero-order chi connectivity index (χ0) is 14.7. The Bertz CT molecular complexity index is 837. The predicted octanol–water partition coefficient (Wildman–Crippen LogP) is 3.09. The fraction of sp³-hybridized carbons (Fsp3) is 0.0588. The molecule has 4 nitrogen and oxygen atoms in total. The van der Waals surface area contributed by atoms with E-state index in [2.05, 4.69) is 5.32 Å². The molecule has 4 heteroatoms. The molecule has 104 valence electrons. The van der Waals surface area contributed by atoms with Gasteiger partial charge in [-0.3, -0.25) is 4.79 Å². The molecular formula is C17H13NO3. The van der Waals surface area contributed by atoms with Crippen LogP contribution in [0.2, 0.25) is 0 Å². The zero-order valence-corrected chi connectivity index (χ0v) is 11.2. The average molecular weight is 279 g/mol. The molecule has 1 heterocycles. The number of benzene rings is 2.